The second-order valence-electron chi connectivity index (χ2n) is 4.80. The highest BCUT2D eigenvalue weighted by Gasteiger charge is 2.35. The zero-order chi connectivity index (χ0) is 16.0. The molecule has 0 bridgehead atoms. The zero-order valence-corrected chi connectivity index (χ0v) is 14.2. The maximum atomic E-state index is 12.3. The van der Waals surface area contributed by atoms with E-state index in [-0.39, 0.29) is 17.5 Å². The molecule has 0 aliphatic carbocycles. The monoisotopic (exact) mass is 382 g/mol. The molecule has 3 rings (SSSR count). The molecule has 1 aromatic rings. The number of rotatable bonds is 1. The third kappa shape index (κ3) is 2.28. The highest BCUT2D eigenvalue weighted by Crippen LogP contribution is 2.38. The summed E-state index contributed by atoms with van der Waals surface area (Å²) in [6.45, 7) is 0.152. The van der Waals surface area contributed by atoms with Gasteiger partial charge in [-0.1, -0.05) is 15.9 Å². The van der Waals surface area contributed by atoms with E-state index in [9.17, 15) is 9.59 Å². The van der Waals surface area contributed by atoms with Gasteiger partial charge in [0.05, 0.1) is 0 Å². The van der Waals surface area contributed by atoms with E-state index in [4.69, 9.17) is 21.7 Å². The van der Waals surface area contributed by atoms with Crippen molar-refractivity contribution < 1.29 is 19.1 Å². The van der Waals surface area contributed by atoms with Crippen LogP contribution < -0.4 is 9.47 Å². The van der Waals surface area contributed by atoms with Gasteiger partial charge in [0.25, 0.3) is 11.8 Å². The van der Waals surface area contributed by atoms with Crippen molar-refractivity contribution in [1.29, 1.82) is 0 Å². The average Bonchev–Trinajstić information content (AvgIpc) is 2.94. The number of carbonyl (C=O) groups is 2. The maximum Gasteiger partial charge on any atom is 0.265 e. The lowest BCUT2D eigenvalue weighted by molar-refractivity contribution is -0.132. The number of thiocarbonyl (C=S) groups is 1. The van der Waals surface area contributed by atoms with Crippen molar-refractivity contribution in [3.8, 4) is 11.5 Å². The van der Waals surface area contributed by atoms with Crippen molar-refractivity contribution in [1.82, 2.24) is 9.80 Å². The minimum Gasteiger partial charge on any atom is -0.454 e. The molecular formula is C14H11BrN2O4S. The molecule has 1 saturated heterocycles. The van der Waals surface area contributed by atoms with Crippen LogP contribution in [0.4, 0.5) is 0 Å². The smallest absolute Gasteiger partial charge is 0.265 e. The summed E-state index contributed by atoms with van der Waals surface area (Å²) in [5, 5.41) is 0.178. The van der Waals surface area contributed by atoms with Gasteiger partial charge in [-0.05, 0) is 36.0 Å². The standard InChI is InChI=1S/C14H11BrN2O4S/c1-16-12(18)8(13(19)17(2)14(16)22)3-7-4-10-11(5-9(7)15)21-6-20-10/h3-5H,6H2,1-2H3. The van der Waals surface area contributed by atoms with Crippen LogP contribution in [0, 0.1) is 0 Å². The SMILES string of the molecule is CN1C(=O)C(=Cc2cc3c(cc2Br)OCO3)C(=O)N(C)C1=S. The van der Waals surface area contributed by atoms with Gasteiger partial charge in [-0.25, -0.2) is 0 Å². The molecule has 2 amide bonds. The predicted octanol–water partition coefficient (Wildman–Crippen LogP) is 1.78. The van der Waals surface area contributed by atoms with Crippen LogP contribution in [0.25, 0.3) is 6.08 Å². The Labute approximate surface area is 140 Å². The number of nitrogens with zero attached hydrogens (tertiary/aromatic N) is 2. The largest absolute Gasteiger partial charge is 0.454 e. The van der Waals surface area contributed by atoms with Gasteiger partial charge in [-0.15, -0.1) is 0 Å². The van der Waals surface area contributed by atoms with E-state index >= 15 is 0 Å². The lowest BCUT2D eigenvalue weighted by atomic mass is 10.1. The van der Waals surface area contributed by atoms with Crippen LogP contribution in [0.1, 0.15) is 5.56 Å². The molecule has 114 valence electrons. The third-order valence-corrected chi connectivity index (χ3v) is 4.67. The second-order valence-corrected chi connectivity index (χ2v) is 6.02. The van der Waals surface area contributed by atoms with Crippen LogP contribution in [0.5, 0.6) is 11.5 Å². The van der Waals surface area contributed by atoms with Gasteiger partial charge in [0.2, 0.25) is 6.79 Å². The Kier molecular flexibility index (Phi) is 3.65. The molecule has 0 aromatic heterocycles. The Balaban J connectivity index is 2.06. The molecule has 0 unspecified atom stereocenters. The van der Waals surface area contributed by atoms with Gasteiger partial charge in [0, 0.05) is 18.6 Å². The van der Waals surface area contributed by atoms with Crippen LogP contribution in [-0.4, -0.2) is 47.6 Å². The van der Waals surface area contributed by atoms with Crippen LogP contribution >= 0.6 is 28.1 Å². The summed E-state index contributed by atoms with van der Waals surface area (Å²) in [6.07, 6.45) is 1.52. The number of halogens is 1. The number of benzene rings is 1. The fourth-order valence-electron chi connectivity index (χ4n) is 2.17. The molecule has 0 N–H and O–H groups in total. The molecule has 2 aliphatic heterocycles. The lowest BCUT2D eigenvalue weighted by Crippen LogP contribution is -2.52. The minimum atomic E-state index is -0.433. The van der Waals surface area contributed by atoms with E-state index in [1.807, 2.05) is 0 Å². The van der Waals surface area contributed by atoms with Crippen LogP contribution in [-0.2, 0) is 9.59 Å². The predicted molar refractivity (Wildman–Crippen MR) is 86.4 cm³/mol. The summed E-state index contributed by atoms with van der Waals surface area (Å²) >= 11 is 8.45. The Morgan fingerprint density at radius 1 is 1.14 bits per heavy atom. The Morgan fingerprint density at radius 3 is 2.27 bits per heavy atom. The Bertz CT molecular complexity index is 721. The number of amides is 2. The molecule has 22 heavy (non-hydrogen) atoms. The van der Waals surface area contributed by atoms with Crippen molar-refractivity contribution in [2.24, 2.45) is 0 Å². The number of hydrogen-bond donors (Lipinski definition) is 0. The first-order valence-electron chi connectivity index (χ1n) is 6.31. The number of carbonyl (C=O) groups excluding carboxylic acids is 2. The Hall–Kier alpha value is -1.93. The Morgan fingerprint density at radius 2 is 1.68 bits per heavy atom. The topological polar surface area (TPSA) is 59.1 Å². The molecule has 0 atom stereocenters. The first kappa shape index (κ1) is 15.0. The highest BCUT2D eigenvalue weighted by molar-refractivity contribution is 9.10. The quantitative estimate of drug-likeness (QED) is 0.420. The summed E-state index contributed by atoms with van der Waals surface area (Å²) in [4.78, 5) is 27.1. The van der Waals surface area contributed by atoms with Crippen molar-refractivity contribution in [2.45, 2.75) is 0 Å². The van der Waals surface area contributed by atoms with Gasteiger partial charge >= 0.3 is 0 Å². The summed E-state index contributed by atoms with van der Waals surface area (Å²) in [6, 6.07) is 3.46. The van der Waals surface area contributed by atoms with Crippen LogP contribution in [0.3, 0.4) is 0 Å². The van der Waals surface area contributed by atoms with E-state index in [0.717, 1.165) is 0 Å². The van der Waals surface area contributed by atoms with E-state index < -0.39 is 11.8 Å². The maximum absolute atomic E-state index is 12.3. The van der Waals surface area contributed by atoms with Gasteiger partial charge in [0.1, 0.15) is 5.57 Å². The molecule has 1 fully saturated rings. The first-order valence-corrected chi connectivity index (χ1v) is 7.51. The third-order valence-electron chi connectivity index (χ3n) is 3.44. The zero-order valence-electron chi connectivity index (χ0n) is 11.8. The first-order chi connectivity index (χ1) is 10.4. The van der Waals surface area contributed by atoms with Gasteiger partial charge < -0.3 is 9.47 Å². The number of fused-ring (bicyclic) bond motifs is 1. The molecule has 0 saturated carbocycles. The summed E-state index contributed by atoms with van der Waals surface area (Å²) in [5.74, 6) is 0.323. The fourth-order valence-corrected chi connectivity index (χ4v) is 2.78. The normalized spacial score (nSPS) is 17.4. The molecule has 2 heterocycles. The number of hydrogen-bond acceptors (Lipinski definition) is 5. The highest BCUT2D eigenvalue weighted by atomic mass is 79.9. The van der Waals surface area contributed by atoms with Crippen molar-refractivity contribution >= 4 is 51.2 Å². The number of likely N-dealkylation sites (N-methyl/N-ethyl adjacent to an activating group) is 2. The van der Waals surface area contributed by atoms with Crippen molar-refractivity contribution in [3.05, 3.63) is 27.7 Å². The van der Waals surface area contributed by atoms with E-state index in [1.54, 1.807) is 12.1 Å². The van der Waals surface area contributed by atoms with E-state index in [1.165, 1.54) is 30.0 Å². The molecule has 6 nitrogen and oxygen atoms in total. The lowest BCUT2D eigenvalue weighted by Gasteiger charge is -2.31. The summed E-state index contributed by atoms with van der Waals surface area (Å²) in [7, 11) is 3.08. The average molecular weight is 383 g/mol. The van der Waals surface area contributed by atoms with Gasteiger partial charge in [-0.3, -0.25) is 19.4 Å². The van der Waals surface area contributed by atoms with Crippen LogP contribution in [0.2, 0.25) is 0 Å². The van der Waals surface area contributed by atoms with Crippen LogP contribution in [0.15, 0.2) is 22.2 Å². The van der Waals surface area contributed by atoms with E-state index in [0.29, 0.717) is 21.5 Å². The summed E-state index contributed by atoms with van der Waals surface area (Å²) < 4.78 is 11.3. The molecule has 1 aromatic carbocycles. The second kappa shape index (κ2) is 5.36. The molecule has 2 aliphatic rings. The molecule has 0 spiro atoms. The van der Waals surface area contributed by atoms with Crippen molar-refractivity contribution in [3.63, 3.8) is 0 Å². The van der Waals surface area contributed by atoms with Crippen molar-refractivity contribution in [2.75, 3.05) is 20.9 Å². The summed E-state index contributed by atoms with van der Waals surface area (Å²) in [5.41, 5.74) is 0.689. The minimum absolute atomic E-state index is 0.0400. The fraction of sp³-hybridized carbons (Fsp3) is 0.214. The van der Waals surface area contributed by atoms with Gasteiger partial charge in [0.15, 0.2) is 16.6 Å². The molecule has 0 radical (unpaired) electrons. The van der Waals surface area contributed by atoms with Gasteiger partial charge in [-0.2, -0.15) is 0 Å². The molecular weight excluding hydrogens is 372 g/mol. The number of ether oxygens (including phenoxy) is 2. The van der Waals surface area contributed by atoms with E-state index in [2.05, 4.69) is 15.9 Å². The molecule has 8 heteroatoms.